The average molecular weight is 315 g/mol. The van der Waals surface area contributed by atoms with Crippen molar-refractivity contribution in [1.29, 1.82) is 0 Å². The topological polar surface area (TPSA) is 21.3 Å². The molecule has 0 spiro atoms. The highest BCUT2D eigenvalue weighted by molar-refractivity contribution is 5.27. The van der Waals surface area contributed by atoms with Crippen LogP contribution < -0.4 is 10.1 Å². The fourth-order valence-electron chi connectivity index (χ4n) is 1.62. The molecule has 0 aliphatic carbocycles. The lowest BCUT2D eigenvalue weighted by Gasteiger charge is -2.10. The first-order valence-electron chi connectivity index (χ1n) is 6.28. The van der Waals surface area contributed by atoms with Gasteiger partial charge in [0, 0.05) is 13.0 Å². The van der Waals surface area contributed by atoms with Crippen LogP contribution in [0, 0.1) is 0 Å². The number of rotatable bonds is 7. The molecule has 1 aromatic carbocycles. The van der Waals surface area contributed by atoms with Crippen LogP contribution in [0.1, 0.15) is 24.8 Å². The van der Waals surface area contributed by atoms with Crippen LogP contribution in [0.5, 0.6) is 5.75 Å². The zero-order chi connectivity index (χ0) is 15.9. The number of alkyl halides is 6. The molecule has 0 unspecified atom stereocenters. The molecule has 0 fully saturated rings. The van der Waals surface area contributed by atoms with Gasteiger partial charge in [0.2, 0.25) is 0 Å². The minimum Gasteiger partial charge on any atom is -0.406 e. The molecule has 0 radical (unpaired) electrons. The Morgan fingerprint density at radius 2 is 1.52 bits per heavy atom. The van der Waals surface area contributed by atoms with Gasteiger partial charge in [0.25, 0.3) is 0 Å². The van der Waals surface area contributed by atoms with Crippen molar-refractivity contribution >= 4 is 0 Å². The van der Waals surface area contributed by atoms with Crippen molar-refractivity contribution in [3.05, 3.63) is 29.8 Å². The molecule has 120 valence electrons. The molecule has 1 aromatic rings. The molecule has 0 heterocycles. The zero-order valence-electron chi connectivity index (χ0n) is 11.0. The van der Waals surface area contributed by atoms with Crippen molar-refractivity contribution in [3.8, 4) is 5.75 Å². The zero-order valence-corrected chi connectivity index (χ0v) is 11.0. The molecule has 0 aliphatic heterocycles. The highest BCUT2D eigenvalue weighted by atomic mass is 19.4. The first kappa shape index (κ1) is 17.6. The smallest absolute Gasteiger partial charge is 0.406 e. The van der Waals surface area contributed by atoms with Gasteiger partial charge in [0.05, 0.1) is 0 Å². The molecule has 8 heteroatoms. The van der Waals surface area contributed by atoms with Gasteiger partial charge in [-0.3, -0.25) is 0 Å². The second-order valence-corrected chi connectivity index (χ2v) is 4.44. The summed E-state index contributed by atoms with van der Waals surface area (Å²) < 4.78 is 75.1. The monoisotopic (exact) mass is 315 g/mol. The first-order chi connectivity index (χ1) is 9.66. The standard InChI is InChI=1S/C13H15F6NO/c14-12(15,16)7-1-2-8-20-9-10-3-5-11(6-4-10)21-13(17,18)19/h3-6,20H,1-2,7-9H2. The Morgan fingerprint density at radius 1 is 0.905 bits per heavy atom. The van der Waals surface area contributed by atoms with E-state index in [1.54, 1.807) is 0 Å². The van der Waals surface area contributed by atoms with Crippen molar-refractivity contribution < 1.29 is 31.1 Å². The van der Waals surface area contributed by atoms with Crippen LogP contribution in [0.4, 0.5) is 26.3 Å². The number of halogens is 6. The molecular formula is C13H15F6NO. The number of benzene rings is 1. The predicted octanol–water partition coefficient (Wildman–Crippen LogP) is 4.41. The van der Waals surface area contributed by atoms with E-state index in [4.69, 9.17) is 0 Å². The third-order valence-corrected chi connectivity index (χ3v) is 2.55. The Balaban J connectivity index is 2.21. The molecule has 21 heavy (non-hydrogen) atoms. The highest BCUT2D eigenvalue weighted by Gasteiger charge is 2.30. The lowest BCUT2D eigenvalue weighted by atomic mass is 10.2. The van der Waals surface area contributed by atoms with E-state index in [9.17, 15) is 26.3 Å². The average Bonchev–Trinajstić information content (AvgIpc) is 2.32. The summed E-state index contributed by atoms with van der Waals surface area (Å²) in [7, 11) is 0. The number of unbranched alkanes of at least 4 members (excludes halogenated alkanes) is 1. The van der Waals surface area contributed by atoms with Crippen LogP contribution in [0.15, 0.2) is 24.3 Å². The van der Waals surface area contributed by atoms with E-state index < -0.39 is 19.0 Å². The van der Waals surface area contributed by atoms with Gasteiger partial charge in [-0.2, -0.15) is 13.2 Å². The lowest BCUT2D eigenvalue weighted by Crippen LogP contribution is -2.17. The maximum absolute atomic E-state index is 11.9. The quantitative estimate of drug-likeness (QED) is 0.594. The van der Waals surface area contributed by atoms with Crippen molar-refractivity contribution in [2.24, 2.45) is 0 Å². The van der Waals surface area contributed by atoms with Crippen LogP contribution in [0.3, 0.4) is 0 Å². The third kappa shape index (κ3) is 9.17. The predicted molar refractivity (Wildman–Crippen MR) is 64.7 cm³/mol. The third-order valence-electron chi connectivity index (χ3n) is 2.55. The summed E-state index contributed by atoms with van der Waals surface area (Å²) in [6.45, 7) is 0.787. The SMILES string of the molecule is FC(F)(F)CCCCNCc1ccc(OC(F)(F)F)cc1. The summed E-state index contributed by atoms with van der Waals surface area (Å²) >= 11 is 0. The van der Waals surface area contributed by atoms with E-state index in [2.05, 4.69) is 10.1 Å². The fourth-order valence-corrected chi connectivity index (χ4v) is 1.62. The summed E-state index contributed by atoms with van der Waals surface area (Å²) in [6, 6.07) is 5.30. The van der Waals surface area contributed by atoms with Crippen molar-refractivity contribution in [3.63, 3.8) is 0 Å². The Bertz CT molecular complexity index is 412. The van der Waals surface area contributed by atoms with Crippen molar-refractivity contribution in [1.82, 2.24) is 5.32 Å². The van der Waals surface area contributed by atoms with Crippen LogP contribution >= 0.6 is 0 Å². The lowest BCUT2D eigenvalue weighted by molar-refractivity contribution is -0.274. The van der Waals surface area contributed by atoms with Gasteiger partial charge in [-0.05, 0) is 37.1 Å². The highest BCUT2D eigenvalue weighted by Crippen LogP contribution is 2.23. The van der Waals surface area contributed by atoms with Crippen molar-refractivity contribution in [2.75, 3.05) is 6.54 Å². The number of hydrogen-bond donors (Lipinski definition) is 1. The second kappa shape index (κ2) is 7.53. The molecule has 0 atom stereocenters. The van der Waals surface area contributed by atoms with E-state index in [1.165, 1.54) is 24.3 Å². The molecule has 0 saturated carbocycles. The van der Waals surface area contributed by atoms with Gasteiger partial charge >= 0.3 is 12.5 Å². The summed E-state index contributed by atoms with van der Waals surface area (Å²) in [5, 5.41) is 2.93. The molecule has 0 amide bonds. The van der Waals surface area contributed by atoms with Crippen LogP contribution in [0.2, 0.25) is 0 Å². The fraction of sp³-hybridized carbons (Fsp3) is 0.538. The first-order valence-corrected chi connectivity index (χ1v) is 6.28. The molecule has 0 aliphatic rings. The van der Waals surface area contributed by atoms with Gasteiger partial charge < -0.3 is 10.1 Å². The van der Waals surface area contributed by atoms with E-state index >= 15 is 0 Å². The molecule has 1 rings (SSSR count). The largest absolute Gasteiger partial charge is 0.573 e. The Kier molecular flexibility index (Phi) is 6.32. The van der Waals surface area contributed by atoms with Gasteiger partial charge in [-0.1, -0.05) is 12.1 Å². The molecule has 0 saturated heterocycles. The normalized spacial score (nSPS) is 12.5. The summed E-state index contributed by atoms with van der Waals surface area (Å²) in [5.74, 6) is -0.309. The van der Waals surface area contributed by atoms with Gasteiger partial charge in [0.15, 0.2) is 0 Å². The Morgan fingerprint density at radius 3 is 2.05 bits per heavy atom. The maximum Gasteiger partial charge on any atom is 0.573 e. The molecule has 1 N–H and O–H groups in total. The summed E-state index contributed by atoms with van der Waals surface area (Å²) in [5.41, 5.74) is 0.723. The van der Waals surface area contributed by atoms with Crippen LogP contribution in [-0.2, 0) is 6.54 Å². The Labute approximate surface area is 118 Å². The van der Waals surface area contributed by atoms with Crippen LogP contribution in [-0.4, -0.2) is 19.1 Å². The molecule has 0 bridgehead atoms. The van der Waals surface area contributed by atoms with Gasteiger partial charge in [0.1, 0.15) is 5.75 Å². The number of nitrogens with one attached hydrogen (secondary N) is 1. The van der Waals surface area contributed by atoms with E-state index in [0.29, 0.717) is 19.5 Å². The number of hydrogen-bond acceptors (Lipinski definition) is 2. The molecule has 2 nitrogen and oxygen atoms in total. The van der Waals surface area contributed by atoms with Crippen molar-refractivity contribution in [2.45, 2.75) is 38.3 Å². The molecular weight excluding hydrogens is 300 g/mol. The van der Waals surface area contributed by atoms with E-state index in [0.717, 1.165) is 5.56 Å². The Hall–Kier alpha value is -1.44. The van der Waals surface area contributed by atoms with E-state index in [-0.39, 0.29) is 12.2 Å². The maximum atomic E-state index is 11.9. The molecule has 0 aromatic heterocycles. The van der Waals surface area contributed by atoms with E-state index in [1.807, 2.05) is 0 Å². The minimum atomic E-state index is -4.72. The second-order valence-electron chi connectivity index (χ2n) is 4.44. The minimum absolute atomic E-state index is 0.0505. The number of ether oxygens (including phenoxy) is 1. The van der Waals surface area contributed by atoms with Gasteiger partial charge in [-0.15, -0.1) is 13.2 Å². The van der Waals surface area contributed by atoms with Crippen LogP contribution in [0.25, 0.3) is 0 Å². The summed E-state index contributed by atoms with van der Waals surface area (Å²) in [4.78, 5) is 0. The van der Waals surface area contributed by atoms with Gasteiger partial charge in [-0.25, -0.2) is 0 Å². The summed E-state index contributed by atoms with van der Waals surface area (Å²) in [6.07, 6.45) is -9.23.